The number of hydrogen-bond donors (Lipinski definition) is 0. The second-order valence-electron chi connectivity index (χ2n) is 37.0. The third-order valence-corrected chi connectivity index (χ3v) is 28.6. The molecule has 0 fully saturated rings. The van der Waals surface area contributed by atoms with Crippen molar-refractivity contribution in [1.82, 2.24) is 29.9 Å². The predicted octanol–water partition coefficient (Wildman–Crippen LogP) is 36.6. The minimum absolute atomic E-state index is 0.761. The van der Waals surface area contributed by atoms with Crippen LogP contribution >= 0.6 is 0 Å². The van der Waals surface area contributed by atoms with E-state index in [-0.39, 0.29) is 0 Å². The SMILES string of the molecule is c1ccc(-c2cccc(-c3cc(-c4ccccn4)ccc3-c3ccccc3-c3cc(-c4ccccc4-c4ccc(-c5ccc(-c6ccccc6-c6cc(-c7ccccc7-c7ccc8c(c7)c7ccccc7c7cccnc78)cc(-c7ccccc7-c7ccc(-c8ccccn8)cc7-c7cccc(-c8ccccc8)c7)c6)cn5)nc4)cc(-c4ccccc4-c4ccc5c(c4)c4ccccc4c4cccnc45)c3)c2)cc1. The van der Waals surface area contributed by atoms with Crippen molar-refractivity contribution in [3.8, 4) is 212 Å². The van der Waals surface area contributed by atoms with E-state index < -0.39 is 0 Å². The third kappa shape index (κ3) is 15.9. The van der Waals surface area contributed by atoms with Crippen LogP contribution in [0.1, 0.15) is 0 Å². The van der Waals surface area contributed by atoms with Crippen LogP contribution in [0.2, 0.25) is 0 Å². The molecular weight excluding hydrogens is 1740 g/mol. The zero-order valence-corrected chi connectivity index (χ0v) is 78.5. The molecule has 0 N–H and O–H groups in total. The maximum atomic E-state index is 5.34. The molecule has 20 aromatic carbocycles. The van der Waals surface area contributed by atoms with Crippen molar-refractivity contribution < 1.29 is 0 Å². The van der Waals surface area contributed by atoms with E-state index in [4.69, 9.17) is 29.9 Å². The zero-order chi connectivity index (χ0) is 95.3. The quantitative estimate of drug-likeness (QED) is 0.0751. The fraction of sp³-hybridized carbons (Fsp3) is 0. The van der Waals surface area contributed by atoms with Crippen LogP contribution in [0.15, 0.2) is 535 Å². The molecule has 6 heterocycles. The highest BCUT2D eigenvalue weighted by atomic mass is 14.8. The zero-order valence-electron chi connectivity index (χ0n) is 78.5. The lowest BCUT2D eigenvalue weighted by molar-refractivity contribution is 1.25. The van der Waals surface area contributed by atoms with Gasteiger partial charge in [-0.1, -0.05) is 376 Å². The molecular formula is C138H88N6. The summed E-state index contributed by atoms with van der Waals surface area (Å²) in [4.78, 5) is 30.5. The molecule has 0 spiro atoms. The van der Waals surface area contributed by atoms with Gasteiger partial charge in [-0.2, -0.15) is 0 Å². The molecule has 26 rings (SSSR count). The second-order valence-corrected chi connectivity index (χ2v) is 37.0. The minimum atomic E-state index is 0.761. The molecule has 0 atom stereocenters. The van der Waals surface area contributed by atoms with Gasteiger partial charge in [-0.15, -0.1) is 0 Å². The van der Waals surface area contributed by atoms with Crippen molar-refractivity contribution in [3.05, 3.63) is 535 Å². The van der Waals surface area contributed by atoms with Crippen LogP contribution < -0.4 is 0 Å². The topological polar surface area (TPSA) is 77.3 Å². The third-order valence-electron chi connectivity index (χ3n) is 28.6. The fourth-order valence-corrected chi connectivity index (χ4v) is 21.8. The first-order chi connectivity index (χ1) is 71.4. The largest absolute Gasteiger partial charge is 0.256 e. The monoisotopic (exact) mass is 1830 g/mol. The average molecular weight is 1830 g/mol. The Morgan fingerprint density at radius 1 is 0.0972 bits per heavy atom. The molecule has 0 saturated carbocycles. The molecule has 0 bridgehead atoms. The highest BCUT2D eigenvalue weighted by molar-refractivity contribution is 6.26. The van der Waals surface area contributed by atoms with Gasteiger partial charge in [0.25, 0.3) is 0 Å². The van der Waals surface area contributed by atoms with Gasteiger partial charge in [-0.3, -0.25) is 29.9 Å². The van der Waals surface area contributed by atoms with Crippen LogP contribution in [0.3, 0.4) is 0 Å². The summed E-state index contributed by atoms with van der Waals surface area (Å²) in [5.74, 6) is 0. The lowest BCUT2D eigenvalue weighted by Gasteiger charge is -2.20. The van der Waals surface area contributed by atoms with E-state index in [1.165, 1.54) is 21.5 Å². The molecule has 0 radical (unpaired) electrons. The standard InChI is InChI=1S/C138H88N6/c1-3-31-89(32-4-1)91-35-27-37-93(75-91)129-85-97(133-57-23-25-71-139-133)61-65-123(129)117-49-17-15-47-115(117)105-79-101(111-43-11-7-39-107(111)95-59-67-127-131(83-95)121-53-21-19-51-119(121)125-55-29-73-141-137(125)127)77-103(81-105)113-45-13-9-41-109(113)99-63-69-135(143-87-99)136-70-64-100(88-144-136)110-42-10-14-46-114(110)104-78-102(112-44-12-8-40-108(112)96-60-68-128-132(84-96)122-54-22-20-52-120(122)126-56-30-74-142-138(126)128)80-106(82-104)116-48-16-18-50-118(116)124-66-62-98(134-58-24-26-72-140-134)86-130(124)94-38-28-36-92(76-94)90-33-5-2-6-34-90/h1-88H. The van der Waals surface area contributed by atoms with Gasteiger partial charge < -0.3 is 0 Å². The molecule has 0 aliphatic carbocycles. The molecule has 6 aromatic heterocycles. The lowest BCUT2D eigenvalue weighted by atomic mass is 9.84. The molecule has 144 heavy (non-hydrogen) atoms. The summed E-state index contributed by atoms with van der Waals surface area (Å²) in [6.45, 7) is 0. The van der Waals surface area contributed by atoms with E-state index in [0.717, 1.165) is 255 Å². The number of benzene rings is 20. The summed E-state index contributed by atoms with van der Waals surface area (Å²) in [7, 11) is 0. The second kappa shape index (κ2) is 37.0. The van der Waals surface area contributed by atoms with Crippen molar-refractivity contribution in [2.24, 2.45) is 0 Å². The van der Waals surface area contributed by atoms with Crippen LogP contribution in [0.4, 0.5) is 0 Å². The Hall–Kier alpha value is -19.1. The van der Waals surface area contributed by atoms with Gasteiger partial charge in [-0.25, -0.2) is 0 Å². The van der Waals surface area contributed by atoms with E-state index in [9.17, 15) is 0 Å². The van der Waals surface area contributed by atoms with Gasteiger partial charge in [-0.05, 0) is 321 Å². The van der Waals surface area contributed by atoms with Gasteiger partial charge in [0.15, 0.2) is 0 Å². The first-order valence-electron chi connectivity index (χ1n) is 49.0. The summed E-state index contributed by atoms with van der Waals surface area (Å²) >= 11 is 0. The molecule has 26 aromatic rings. The number of fused-ring (bicyclic) bond motifs is 12. The Balaban J connectivity index is 0.585. The van der Waals surface area contributed by atoms with Crippen LogP contribution in [0.5, 0.6) is 0 Å². The van der Waals surface area contributed by atoms with Crippen molar-refractivity contribution in [1.29, 1.82) is 0 Å². The van der Waals surface area contributed by atoms with Gasteiger partial charge in [0, 0.05) is 81.0 Å². The van der Waals surface area contributed by atoms with Crippen LogP contribution in [0, 0.1) is 0 Å². The Labute approximate surface area is 835 Å². The Morgan fingerprint density at radius 2 is 0.347 bits per heavy atom. The van der Waals surface area contributed by atoms with Gasteiger partial charge in [0.05, 0.1) is 33.8 Å². The molecule has 0 aliphatic rings. The number of aromatic nitrogens is 6. The molecule has 0 amide bonds. The lowest BCUT2D eigenvalue weighted by Crippen LogP contribution is -1.94. The average Bonchev–Trinajstić information content (AvgIpc) is 0.737. The number of nitrogens with zero attached hydrogens (tertiary/aromatic N) is 6. The molecule has 6 heteroatoms. The molecule has 0 unspecified atom stereocenters. The summed E-state index contributed by atoms with van der Waals surface area (Å²) in [6, 6.07) is 181. The summed E-state index contributed by atoms with van der Waals surface area (Å²) in [5, 5.41) is 11.6. The summed E-state index contributed by atoms with van der Waals surface area (Å²) in [6.07, 6.45) is 11.6. The Kier molecular flexibility index (Phi) is 21.9. The van der Waals surface area contributed by atoms with Crippen molar-refractivity contribution in [3.63, 3.8) is 0 Å². The molecule has 0 aliphatic heterocycles. The van der Waals surface area contributed by atoms with E-state index in [1.54, 1.807) is 0 Å². The van der Waals surface area contributed by atoms with E-state index in [0.29, 0.717) is 0 Å². The highest BCUT2D eigenvalue weighted by Crippen LogP contribution is 2.51. The first-order valence-corrected chi connectivity index (χ1v) is 49.0. The van der Waals surface area contributed by atoms with Gasteiger partial charge >= 0.3 is 0 Å². The first kappa shape index (κ1) is 85.3. The maximum absolute atomic E-state index is 5.34. The highest BCUT2D eigenvalue weighted by Gasteiger charge is 2.25. The number of pyridine rings is 6. The van der Waals surface area contributed by atoms with Gasteiger partial charge in [0.2, 0.25) is 0 Å². The summed E-state index contributed by atoms with van der Waals surface area (Å²) in [5.41, 5.74) is 42.4. The minimum Gasteiger partial charge on any atom is -0.256 e. The normalized spacial score (nSPS) is 11.5. The van der Waals surface area contributed by atoms with E-state index >= 15 is 0 Å². The van der Waals surface area contributed by atoms with Crippen molar-refractivity contribution in [2.45, 2.75) is 0 Å². The number of hydrogen-bond acceptors (Lipinski definition) is 6. The Morgan fingerprint density at radius 3 is 0.694 bits per heavy atom. The maximum Gasteiger partial charge on any atom is 0.0886 e. The van der Waals surface area contributed by atoms with E-state index in [1.807, 2.05) is 61.4 Å². The smallest absolute Gasteiger partial charge is 0.0886 e. The van der Waals surface area contributed by atoms with Gasteiger partial charge in [0.1, 0.15) is 0 Å². The molecule has 6 nitrogen and oxygen atoms in total. The number of rotatable bonds is 19. The molecule has 0 saturated heterocycles. The van der Waals surface area contributed by atoms with Crippen molar-refractivity contribution in [2.75, 3.05) is 0 Å². The van der Waals surface area contributed by atoms with Crippen LogP contribution in [0.25, 0.3) is 277 Å². The summed E-state index contributed by atoms with van der Waals surface area (Å²) < 4.78 is 0. The fourth-order valence-electron chi connectivity index (χ4n) is 21.8. The van der Waals surface area contributed by atoms with Crippen LogP contribution in [-0.2, 0) is 0 Å². The van der Waals surface area contributed by atoms with Crippen molar-refractivity contribution >= 4 is 64.9 Å². The molecule has 670 valence electrons. The Bertz CT molecular complexity index is 8870. The predicted molar refractivity (Wildman–Crippen MR) is 602 cm³/mol. The van der Waals surface area contributed by atoms with E-state index in [2.05, 4.69) is 473 Å². The van der Waals surface area contributed by atoms with Crippen LogP contribution in [-0.4, -0.2) is 29.9 Å².